The molecule has 1 aliphatic rings. The van der Waals surface area contributed by atoms with Gasteiger partial charge in [0.05, 0.1) is 35.1 Å². The van der Waals surface area contributed by atoms with Gasteiger partial charge < -0.3 is 14.6 Å². The minimum absolute atomic E-state index is 0.0349. The van der Waals surface area contributed by atoms with Crippen LogP contribution in [-0.4, -0.2) is 28.9 Å². The number of carbonyl (C=O) groups is 1. The van der Waals surface area contributed by atoms with Crippen LogP contribution in [0.3, 0.4) is 0 Å². The third-order valence-corrected chi connectivity index (χ3v) is 7.06. The van der Waals surface area contributed by atoms with Gasteiger partial charge >= 0.3 is 5.97 Å². The molecule has 0 bridgehead atoms. The van der Waals surface area contributed by atoms with Gasteiger partial charge in [-0.1, -0.05) is 41.1 Å². The van der Waals surface area contributed by atoms with Crippen LogP contribution in [0.4, 0.5) is 0 Å². The zero-order chi connectivity index (χ0) is 26.9. The molecule has 0 amide bonds. The molecule has 0 saturated heterocycles. The number of nitrogens with zero attached hydrogens (tertiary/aromatic N) is 2. The summed E-state index contributed by atoms with van der Waals surface area (Å²) in [5, 5.41) is 11.0. The molecule has 7 nitrogen and oxygen atoms in total. The second-order valence-electron chi connectivity index (χ2n) is 8.81. The predicted octanol–water partition coefficient (Wildman–Crippen LogP) is 4.28. The summed E-state index contributed by atoms with van der Waals surface area (Å²) in [5.74, 6) is -0.192. The Kier molecular flexibility index (Phi) is 7.71. The molecule has 0 spiro atoms. The molecule has 4 rings (SSSR count). The monoisotopic (exact) mass is 538 g/mol. The average molecular weight is 539 g/mol. The number of hydrogen-bond acceptors (Lipinski definition) is 7. The van der Waals surface area contributed by atoms with Crippen LogP contribution in [0.2, 0.25) is 5.02 Å². The van der Waals surface area contributed by atoms with Gasteiger partial charge in [-0.2, -0.15) is 0 Å². The molecular formula is C28H27ClN2O5S. The van der Waals surface area contributed by atoms with Crippen LogP contribution >= 0.6 is 22.9 Å². The van der Waals surface area contributed by atoms with Gasteiger partial charge in [0, 0.05) is 10.6 Å². The number of aromatic nitrogens is 1. The Morgan fingerprint density at radius 3 is 2.62 bits per heavy atom. The van der Waals surface area contributed by atoms with Crippen LogP contribution in [0.25, 0.3) is 6.08 Å². The number of phenols is 1. The maximum atomic E-state index is 13.8. The molecule has 1 N–H and O–H groups in total. The number of ether oxygens (including phenoxy) is 2. The summed E-state index contributed by atoms with van der Waals surface area (Å²) in [6, 6.07) is 9.73. The van der Waals surface area contributed by atoms with Crippen molar-refractivity contribution in [3.63, 3.8) is 0 Å². The lowest BCUT2D eigenvalue weighted by atomic mass is 9.96. The summed E-state index contributed by atoms with van der Waals surface area (Å²) in [6.07, 6.45) is 3.50. The number of aromatic hydroxyl groups is 1. The lowest BCUT2D eigenvalue weighted by molar-refractivity contribution is -0.143. The maximum absolute atomic E-state index is 13.8. The molecule has 0 aliphatic carbocycles. The number of allylic oxidation sites excluding steroid dienone is 2. The van der Waals surface area contributed by atoms with Crippen LogP contribution in [-0.2, 0) is 16.0 Å². The third kappa shape index (κ3) is 5.26. The van der Waals surface area contributed by atoms with Crippen LogP contribution < -0.4 is 19.6 Å². The number of halogens is 1. The number of thiazole rings is 1. The smallest absolute Gasteiger partial charge is 0.338 e. The van der Waals surface area contributed by atoms with E-state index in [1.165, 1.54) is 23.0 Å². The molecule has 2 aromatic carbocycles. The van der Waals surface area contributed by atoms with Crippen molar-refractivity contribution in [3.05, 3.63) is 102 Å². The Morgan fingerprint density at radius 1 is 1.30 bits per heavy atom. The first-order chi connectivity index (χ1) is 17.6. The zero-order valence-electron chi connectivity index (χ0n) is 20.9. The molecule has 192 valence electrons. The Labute approximate surface area is 223 Å². The molecule has 2 heterocycles. The molecule has 0 saturated carbocycles. The van der Waals surface area contributed by atoms with E-state index in [-0.39, 0.29) is 17.4 Å². The van der Waals surface area contributed by atoms with Crippen LogP contribution in [0.1, 0.15) is 43.5 Å². The number of phenolic OH excluding ortho intramolecular Hbond substituents is 1. The number of methoxy groups -OCH3 is 1. The van der Waals surface area contributed by atoms with Gasteiger partial charge in [-0.3, -0.25) is 9.36 Å². The topological polar surface area (TPSA) is 90.1 Å². The molecule has 0 fully saturated rings. The van der Waals surface area contributed by atoms with E-state index >= 15 is 0 Å². The summed E-state index contributed by atoms with van der Waals surface area (Å²) < 4.78 is 12.8. The molecule has 0 radical (unpaired) electrons. The van der Waals surface area contributed by atoms with Crippen molar-refractivity contribution in [2.45, 2.75) is 39.3 Å². The van der Waals surface area contributed by atoms with Crippen molar-refractivity contribution in [1.29, 1.82) is 0 Å². The summed E-state index contributed by atoms with van der Waals surface area (Å²) in [6.45, 7) is 9.02. The fourth-order valence-corrected chi connectivity index (χ4v) is 5.38. The minimum atomic E-state index is -0.729. The fourth-order valence-electron chi connectivity index (χ4n) is 4.21. The predicted molar refractivity (Wildman–Crippen MR) is 145 cm³/mol. The molecule has 1 atom stereocenters. The van der Waals surface area contributed by atoms with Crippen LogP contribution in [0, 0.1) is 0 Å². The lowest BCUT2D eigenvalue weighted by Crippen LogP contribution is -2.40. The highest BCUT2D eigenvalue weighted by atomic mass is 35.5. The summed E-state index contributed by atoms with van der Waals surface area (Å²) in [7, 11) is 1.47. The highest BCUT2D eigenvalue weighted by Crippen LogP contribution is 2.33. The summed E-state index contributed by atoms with van der Waals surface area (Å²) in [4.78, 5) is 32.0. The number of esters is 1. The van der Waals surface area contributed by atoms with E-state index in [0.717, 1.165) is 0 Å². The Morgan fingerprint density at radius 2 is 2.00 bits per heavy atom. The van der Waals surface area contributed by atoms with E-state index in [0.29, 0.717) is 54.5 Å². The van der Waals surface area contributed by atoms with E-state index in [1.807, 2.05) is 0 Å². The first kappa shape index (κ1) is 26.4. The molecule has 9 heteroatoms. The van der Waals surface area contributed by atoms with E-state index < -0.39 is 12.0 Å². The largest absolute Gasteiger partial charge is 0.504 e. The van der Waals surface area contributed by atoms with Crippen LogP contribution in [0.15, 0.2) is 70.1 Å². The number of carbonyl (C=O) groups excluding carboxylic acids is 1. The second-order valence-corrected chi connectivity index (χ2v) is 10.3. The van der Waals surface area contributed by atoms with Gasteiger partial charge in [0.1, 0.15) is 0 Å². The molecule has 37 heavy (non-hydrogen) atoms. The highest BCUT2D eigenvalue weighted by molar-refractivity contribution is 7.07. The highest BCUT2D eigenvalue weighted by Gasteiger charge is 2.33. The van der Waals surface area contributed by atoms with Crippen molar-refractivity contribution >= 4 is 35.0 Å². The quantitative estimate of drug-likeness (QED) is 0.358. The van der Waals surface area contributed by atoms with Gasteiger partial charge in [0.2, 0.25) is 0 Å². The van der Waals surface area contributed by atoms with Gasteiger partial charge in [-0.05, 0) is 68.7 Å². The normalized spacial score (nSPS) is 15.4. The van der Waals surface area contributed by atoms with Crippen molar-refractivity contribution in [3.8, 4) is 11.5 Å². The lowest BCUT2D eigenvalue weighted by Gasteiger charge is -2.25. The summed E-state index contributed by atoms with van der Waals surface area (Å²) >= 11 is 7.34. The Balaban J connectivity index is 1.94. The van der Waals surface area contributed by atoms with Crippen LogP contribution in [0.5, 0.6) is 11.5 Å². The standard InChI is InChI=1S/C28H27ClN2O5S/c1-6-7-19-12-17(13-21(35-5)25(19)32)14-22-26(33)31-24(18-8-10-20(29)11-9-18)23(27(34)36-15(2)3)16(4)30-28(31)37-22/h6,8-15,24,32H,1,7H2,2-5H3. The van der Waals surface area contributed by atoms with Gasteiger partial charge in [0.25, 0.3) is 5.56 Å². The minimum Gasteiger partial charge on any atom is -0.504 e. The SMILES string of the molecule is C=CCc1cc(C=c2sc3n(c2=O)C(c2ccc(Cl)cc2)C(C(=O)OC(C)C)=C(C)N=3)cc(OC)c1O. The van der Waals surface area contributed by atoms with Crippen molar-refractivity contribution in [2.75, 3.05) is 7.11 Å². The second kappa shape index (κ2) is 10.8. The molecule has 3 aromatic rings. The number of hydrogen-bond donors (Lipinski definition) is 1. The number of benzene rings is 2. The third-order valence-electron chi connectivity index (χ3n) is 5.83. The fraction of sp³-hybridized carbons (Fsp3) is 0.250. The summed E-state index contributed by atoms with van der Waals surface area (Å²) in [5.41, 5.74) is 2.49. The van der Waals surface area contributed by atoms with Crippen molar-refractivity contribution < 1.29 is 19.4 Å². The molecule has 1 unspecified atom stereocenters. The van der Waals surface area contributed by atoms with E-state index in [9.17, 15) is 14.7 Å². The number of rotatable bonds is 7. The Bertz CT molecular complexity index is 1580. The van der Waals surface area contributed by atoms with Gasteiger partial charge in [-0.15, -0.1) is 6.58 Å². The number of fused-ring (bicyclic) bond motifs is 1. The molecule has 1 aliphatic heterocycles. The van der Waals surface area contributed by atoms with Gasteiger partial charge in [0.15, 0.2) is 16.3 Å². The molecular weight excluding hydrogens is 512 g/mol. The Hall–Kier alpha value is -3.62. The van der Waals surface area contributed by atoms with E-state index in [2.05, 4.69) is 11.6 Å². The first-order valence-electron chi connectivity index (χ1n) is 11.6. The van der Waals surface area contributed by atoms with Crippen molar-refractivity contribution in [2.24, 2.45) is 4.99 Å². The van der Waals surface area contributed by atoms with Crippen molar-refractivity contribution in [1.82, 2.24) is 4.57 Å². The van der Waals surface area contributed by atoms with E-state index in [4.69, 9.17) is 21.1 Å². The van der Waals surface area contributed by atoms with Gasteiger partial charge in [-0.25, -0.2) is 9.79 Å². The molecule has 1 aromatic heterocycles. The maximum Gasteiger partial charge on any atom is 0.338 e. The zero-order valence-corrected chi connectivity index (χ0v) is 22.5. The van der Waals surface area contributed by atoms with E-state index in [1.54, 1.807) is 69.3 Å². The first-order valence-corrected chi connectivity index (χ1v) is 12.8. The average Bonchev–Trinajstić information content (AvgIpc) is 3.14.